The van der Waals surface area contributed by atoms with Crippen LogP contribution in [-0.2, 0) is 0 Å². The summed E-state index contributed by atoms with van der Waals surface area (Å²) in [5, 5.41) is 0. The molecule has 1 atom stereocenters. The lowest BCUT2D eigenvalue weighted by atomic mass is 10.1. The molecule has 66 valence electrons. The van der Waals surface area contributed by atoms with Crippen molar-refractivity contribution in [2.45, 2.75) is 6.04 Å². The summed E-state index contributed by atoms with van der Waals surface area (Å²) in [7, 11) is 0. The van der Waals surface area contributed by atoms with Crippen LogP contribution in [0.15, 0.2) is 22.7 Å². The lowest BCUT2D eigenvalue weighted by molar-refractivity contribution is 0.333. The van der Waals surface area contributed by atoms with Gasteiger partial charge in [-0.2, -0.15) is 0 Å². The van der Waals surface area contributed by atoms with E-state index in [0.717, 1.165) is 15.8 Å². The van der Waals surface area contributed by atoms with Crippen LogP contribution in [0.5, 0.6) is 5.75 Å². The molecule has 1 aliphatic heterocycles. The van der Waals surface area contributed by atoms with Crippen molar-refractivity contribution in [1.82, 2.24) is 0 Å². The summed E-state index contributed by atoms with van der Waals surface area (Å²) in [6.07, 6.45) is 0. The minimum absolute atomic E-state index is 0. The van der Waals surface area contributed by atoms with Crippen molar-refractivity contribution in [3.05, 3.63) is 28.2 Å². The van der Waals surface area contributed by atoms with Gasteiger partial charge in [0.25, 0.3) is 0 Å². The highest BCUT2D eigenvalue weighted by molar-refractivity contribution is 9.10. The fourth-order valence-electron chi connectivity index (χ4n) is 1.27. The van der Waals surface area contributed by atoms with Crippen LogP contribution in [0.4, 0.5) is 0 Å². The van der Waals surface area contributed by atoms with Gasteiger partial charge >= 0.3 is 0 Å². The molecule has 0 spiro atoms. The molecule has 1 aliphatic rings. The summed E-state index contributed by atoms with van der Waals surface area (Å²) in [4.78, 5) is 0. The summed E-state index contributed by atoms with van der Waals surface area (Å²) < 4.78 is 6.38. The predicted molar refractivity (Wildman–Crippen MR) is 53.8 cm³/mol. The monoisotopic (exact) mass is 249 g/mol. The molecule has 0 unspecified atom stereocenters. The Morgan fingerprint density at radius 2 is 2.25 bits per heavy atom. The van der Waals surface area contributed by atoms with Crippen molar-refractivity contribution in [1.29, 1.82) is 0 Å². The number of ether oxygens (including phenoxy) is 1. The molecule has 0 radical (unpaired) electrons. The first-order chi connectivity index (χ1) is 5.29. The Kier molecular flexibility index (Phi) is 2.99. The van der Waals surface area contributed by atoms with Crippen LogP contribution in [0.25, 0.3) is 0 Å². The third-order valence-electron chi connectivity index (χ3n) is 1.80. The van der Waals surface area contributed by atoms with E-state index in [1.165, 1.54) is 0 Å². The molecule has 1 aromatic rings. The Labute approximate surface area is 85.6 Å². The zero-order chi connectivity index (χ0) is 7.84. The van der Waals surface area contributed by atoms with Gasteiger partial charge in [0.15, 0.2) is 0 Å². The maximum atomic E-state index is 5.79. The van der Waals surface area contributed by atoms with E-state index < -0.39 is 0 Å². The van der Waals surface area contributed by atoms with Crippen LogP contribution in [0.3, 0.4) is 0 Å². The van der Waals surface area contributed by atoms with E-state index in [-0.39, 0.29) is 18.4 Å². The van der Waals surface area contributed by atoms with Gasteiger partial charge in [0, 0.05) is 10.0 Å². The lowest BCUT2D eigenvalue weighted by Gasteiger charge is -2.01. The molecule has 0 aliphatic carbocycles. The maximum Gasteiger partial charge on any atom is 0.125 e. The molecule has 2 rings (SSSR count). The van der Waals surface area contributed by atoms with Crippen LogP contribution in [0.2, 0.25) is 0 Å². The Balaban J connectivity index is 0.000000720. The van der Waals surface area contributed by atoms with Crippen LogP contribution >= 0.6 is 28.3 Å². The highest BCUT2D eigenvalue weighted by Crippen LogP contribution is 2.36. The van der Waals surface area contributed by atoms with Crippen LogP contribution in [0.1, 0.15) is 11.6 Å². The highest BCUT2D eigenvalue weighted by Gasteiger charge is 2.22. The first kappa shape index (κ1) is 9.84. The van der Waals surface area contributed by atoms with Crippen molar-refractivity contribution in [2.24, 2.45) is 5.73 Å². The van der Waals surface area contributed by atoms with Gasteiger partial charge in [0.1, 0.15) is 12.4 Å². The second-order valence-corrected chi connectivity index (χ2v) is 3.42. The number of benzene rings is 1. The molecule has 4 heteroatoms. The molecule has 0 fully saturated rings. The third-order valence-corrected chi connectivity index (χ3v) is 2.49. The van der Waals surface area contributed by atoms with Crippen LogP contribution in [-0.4, -0.2) is 6.61 Å². The first-order valence-electron chi connectivity index (χ1n) is 3.46. The van der Waals surface area contributed by atoms with E-state index in [1.807, 2.05) is 18.2 Å². The molecular formula is C8H9BrClNO. The SMILES string of the molecule is Cl.N[C@@H]1COc2cccc(Br)c21. The quantitative estimate of drug-likeness (QED) is 0.767. The van der Waals surface area contributed by atoms with Crippen molar-refractivity contribution in [3.8, 4) is 5.75 Å². The standard InChI is InChI=1S/C8H8BrNO.ClH/c9-5-2-1-3-7-8(5)6(10)4-11-7;/h1-3,6H,4,10H2;1H/t6-;/m1./s1. The molecule has 0 bridgehead atoms. The fraction of sp³-hybridized carbons (Fsp3) is 0.250. The summed E-state index contributed by atoms with van der Waals surface area (Å²) in [5.74, 6) is 0.909. The number of hydrogen-bond acceptors (Lipinski definition) is 2. The summed E-state index contributed by atoms with van der Waals surface area (Å²) in [5.41, 5.74) is 6.88. The Morgan fingerprint density at radius 3 is 2.92 bits per heavy atom. The number of nitrogens with two attached hydrogens (primary N) is 1. The Bertz CT molecular complexity index is 292. The Morgan fingerprint density at radius 1 is 1.50 bits per heavy atom. The molecule has 2 N–H and O–H groups in total. The minimum Gasteiger partial charge on any atom is -0.491 e. The van der Waals surface area contributed by atoms with Crippen molar-refractivity contribution < 1.29 is 4.74 Å². The molecular weight excluding hydrogens is 241 g/mol. The topological polar surface area (TPSA) is 35.2 Å². The summed E-state index contributed by atoms with van der Waals surface area (Å²) >= 11 is 3.43. The smallest absolute Gasteiger partial charge is 0.125 e. The molecule has 1 heterocycles. The molecule has 2 nitrogen and oxygen atoms in total. The van der Waals surface area contributed by atoms with E-state index in [0.29, 0.717) is 6.61 Å². The summed E-state index contributed by atoms with van der Waals surface area (Å²) in [6.45, 7) is 0.595. The van der Waals surface area contributed by atoms with Gasteiger partial charge in [-0.1, -0.05) is 22.0 Å². The van der Waals surface area contributed by atoms with Gasteiger partial charge < -0.3 is 10.5 Å². The second-order valence-electron chi connectivity index (χ2n) is 2.57. The second kappa shape index (κ2) is 3.64. The first-order valence-corrected chi connectivity index (χ1v) is 4.25. The minimum atomic E-state index is 0. The van der Waals surface area contributed by atoms with Crippen LogP contribution < -0.4 is 10.5 Å². The fourth-order valence-corrected chi connectivity index (χ4v) is 1.91. The van der Waals surface area contributed by atoms with E-state index in [1.54, 1.807) is 0 Å². The number of halogens is 2. The van der Waals surface area contributed by atoms with Gasteiger partial charge in [0.2, 0.25) is 0 Å². The highest BCUT2D eigenvalue weighted by atomic mass is 79.9. The van der Waals surface area contributed by atoms with Crippen LogP contribution in [0, 0.1) is 0 Å². The molecule has 0 aromatic heterocycles. The predicted octanol–water partition coefficient (Wildman–Crippen LogP) is 2.26. The number of rotatable bonds is 0. The third kappa shape index (κ3) is 1.44. The van der Waals surface area contributed by atoms with E-state index >= 15 is 0 Å². The van der Waals surface area contributed by atoms with Gasteiger partial charge in [-0.25, -0.2) is 0 Å². The van der Waals surface area contributed by atoms with E-state index in [2.05, 4.69) is 15.9 Å². The van der Waals surface area contributed by atoms with Gasteiger partial charge in [-0.05, 0) is 12.1 Å². The molecule has 0 saturated heterocycles. The van der Waals surface area contributed by atoms with E-state index in [4.69, 9.17) is 10.5 Å². The molecule has 1 aromatic carbocycles. The van der Waals surface area contributed by atoms with Gasteiger partial charge in [-0.3, -0.25) is 0 Å². The average Bonchev–Trinajstić information content (AvgIpc) is 2.34. The van der Waals surface area contributed by atoms with Crippen molar-refractivity contribution in [3.63, 3.8) is 0 Å². The normalized spacial score (nSPS) is 19.3. The largest absolute Gasteiger partial charge is 0.491 e. The van der Waals surface area contributed by atoms with E-state index in [9.17, 15) is 0 Å². The lowest BCUT2D eigenvalue weighted by Crippen LogP contribution is -2.11. The van der Waals surface area contributed by atoms with Crippen molar-refractivity contribution >= 4 is 28.3 Å². The Hall–Kier alpha value is -0.250. The van der Waals surface area contributed by atoms with Gasteiger partial charge in [0.05, 0.1) is 6.04 Å². The number of fused-ring (bicyclic) bond motifs is 1. The molecule has 12 heavy (non-hydrogen) atoms. The molecule has 0 amide bonds. The van der Waals surface area contributed by atoms with Crippen molar-refractivity contribution in [2.75, 3.05) is 6.61 Å². The zero-order valence-electron chi connectivity index (χ0n) is 6.29. The maximum absolute atomic E-state index is 5.79. The number of hydrogen-bond donors (Lipinski definition) is 1. The molecule has 0 saturated carbocycles. The zero-order valence-corrected chi connectivity index (χ0v) is 8.69. The average molecular weight is 251 g/mol. The summed E-state index contributed by atoms with van der Waals surface area (Å²) in [6, 6.07) is 5.89. The van der Waals surface area contributed by atoms with Gasteiger partial charge in [-0.15, -0.1) is 12.4 Å².